The molecule has 156 valence electrons. The molecule has 0 unspecified atom stereocenters. The summed E-state index contributed by atoms with van der Waals surface area (Å²) in [6.07, 6.45) is 2.94. The lowest BCUT2D eigenvalue weighted by atomic mass is 9.98. The predicted molar refractivity (Wildman–Crippen MR) is 128 cm³/mol. The van der Waals surface area contributed by atoms with Gasteiger partial charge in [0.1, 0.15) is 17.4 Å². The summed E-state index contributed by atoms with van der Waals surface area (Å²) in [7, 11) is 0. The van der Waals surface area contributed by atoms with Gasteiger partial charge >= 0.3 is 0 Å². The molecule has 6 heteroatoms. The first kappa shape index (κ1) is 21.5. The van der Waals surface area contributed by atoms with E-state index in [4.69, 9.17) is 27.6 Å². The Morgan fingerprint density at radius 1 is 0.906 bits per heavy atom. The monoisotopic (exact) mass is 458 g/mol. The van der Waals surface area contributed by atoms with Crippen molar-refractivity contribution in [1.29, 1.82) is 5.26 Å². The van der Waals surface area contributed by atoms with Gasteiger partial charge in [-0.3, -0.25) is 10.1 Å². The van der Waals surface area contributed by atoms with Gasteiger partial charge in [-0.05, 0) is 29.3 Å². The molecule has 32 heavy (non-hydrogen) atoms. The zero-order chi connectivity index (χ0) is 22.5. The number of carbonyl (C=O) groups excluding carboxylic acids is 1. The number of amides is 1. The fourth-order valence-corrected chi connectivity index (χ4v) is 3.55. The molecule has 0 spiro atoms. The predicted octanol–water partition coefficient (Wildman–Crippen LogP) is 7.44. The molecule has 0 radical (unpaired) electrons. The molecule has 0 aliphatic carbocycles. The van der Waals surface area contributed by atoms with E-state index >= 15 is 0 Å². The standard InChI is InChI=1S/C26H16Cl2N2O2/c27-21-13-11-17(15-22(21)28)12-14-23(31)30-26-20(16-29)24(18-7-3-1-4-8-18)25(32-26)19-9-5-2-6-10-19/h1-15H,(H,30,31)/b14-12+. The number of anilines is 1. The molecule has 0 atom stereocenters. The van der Waals surface area contributed by atoms with Gasteiger partial charge in [-0.15, -0.1) is 0 Å². The summed E-state index contributed by atoms with van der Waals surface area (Å²) in [6, 6.07) is 26.1. The first-order valence-electron chi connectivity index (χ1n) is 9.68. The number of nitriles is 1. The second kappa shape index (κ2) is 9.57. The summed E-state index contributed by atoms with van der Waals surface area (Å²) in [4.78, 5) is 12.6. The quantitative estimate of drug-likeness (QED) is 0.315. The maximum absolute atomic E-state index is 12.6. The smallest absolute Gasteiger partial charge is 0.250 e. The fraction of sp³-hybridized carbons (Fsp3) is 0. The Bertz CT molecular complexity index is 1340. The summed E-state index contributed by atoms with van der Waals surface area (Å²) in [5.74, 6) is 0.159. The lowest BCUT2D eigenvalue weighted by molar-refractivity contribution is -0.111. The first-order chi connectivity index (χ1) is 15.6. The molecular formula is C26H16Cl2N2O2. The second-order valence-corrected chi connectivity index (χ2v) is 7.66. The summed E-state index contributed by atoms with van der Waals surface area (Å²) in [6.45, 7) is 0. The first-order valence-corrected chi connectivity index (χ1v) is 10.4. The number of halogens is 2. The molecule has 0 saturated heterocycles. The van der Waals surface area contributed by atoms with Crippen LogP contribution in [0.25, 0.3) is 28.5 Å². The van der Waals surface area contributed by atoms with E-state index in [1.165, 1.54) is 6.08 Å². The van der Waals surface area contributed by atoms with Gasteiger partial charge in [-0.1, -0.05) is 89.9 Å². The van der Waals surface area contributed by atoms with E-state index in [1.807, 2.05) is 60.7 Å². The van der Waals surface area contributed by atoms with Gasteiger partial charge in [0.25, 0.3) is 5.91 Å². The normalized spacial score (nSPS) is 10.8. The zero-order valence-corrected chi connectivity index (χ0v) is 18.2. The molecule has 1 N–H and O–H groups in total. The Morgan fingerprint density at radius 3 is 2.19 bits per heavy atom. The molecule has 0 fully saturated rings. The second-order valence-electron chi connectivity index (χ2n) is 6.85. The van der Waals surface area contributed by atoms with Crippen LogP contribution in [0.2, 0.25) is 10.0 Å². The number of hydrogen-bond donors (Lipinski definition) is 1. The molecule has 3 aromatic carbocycles. The lowest BCUT2D eigenvalue weighted by Gasteiger charge is -2.03. The van der Waals surface area contributed by atoms with E-state index in [0.29, 0.717) is 26.9 Å². The Kier molecular flexibility index (Phi) is 6.42. The van der Waals surface area contributed by atoms with Crippen LogP contribution in [0, 0.1) is 11.3 Å². The van der Waals surface area contributed by atoms with Crippen LogP contribution in [0.5, 0.6) is 0 Å². The highest BCUT2D eigenvalue weighted by Crippen LogP contribution is 2.41. The molecule has 0 bridgehead atoms. The summed E-state index contributed by atoms with van der Waals surface area (Å²) in [5, 5.41) is 13.4. The van der Waals surface area contributed by atoms with Gasteiger partial charge in [-0.25, -0.2) is 0 Å². The van der Waals surface area contributed by atoms with Crippen LogP contribution in [-0.2, 0) is 4.79 Å². The third kappa shape index (κ3) is 4.60. The Balaban J connectivity index is 1.70. The van der Waals surface area contributed by atoms with Gasteiger partial charge in [0.2, 0.25) is 5.88 Å². The Morgan fingerprint density at radius 2 is 1.56 bits per heavy atom. The molecular weight excluding hydrogens is 443 g/mol. The number of hydrogen-bond acceptors (Lipinski definition) is 3. The highest BCUT2D eigenvalue weighted by molar-refractivity contribution is 6.42. The third-order valence-electron chi connectivity index (χ3n) is 4.73. The maximum Gasteiger partial charge on any atom is 0.250 e. The topological polar surface area (TPSA) is 66.0 Å². The van der Waals surface area contributed by atoms with Gasteiger partial charge in [-0.2, -0.15) is 5.26 Å². The van der Waals surface area contributed by atoms with E-state index in [1.54, 1.807) is 24.3 Å². The minimum atomic E-state index is -0.444. The molecule has 0 aliphatic rings. The van der Waals surface area contributed by atoms with Crippen LogP contribution in [0.1, 0.15) is 11.1 Å². The Labute approximate surface area is 195 Å². The molecule has 0 aliphatic heterocycles. The van der Waals surface area contributed by atoms with E-state index < -0.39 is 5.91 Å². The van der Waals surface area contributed by atoms with Crippen LogP contribution >= 0.6 is 23.2 Å². The minimum Gasteiger partial charge on any atom is -0.438 e. The van der Waals surface area contributed by atoms with Crippen LogP contribution in [-0.4, -0.2) is 5.91 Å². The number of nitrogens with one attached hydrogen (secondary N) is 1. The van der Waals surface area contributed by atoms with Crippen molar-refractivity contribution in [2.24, 2.45) is 0 Å². The van der Waals surface area contributed by atoms with Crippen LogP contribution in [0.15, 0.2) is 89.4 Å². The van der Waals surface area contributed by atoms with Crippen molar-refractivity contribution in [3.8, 4) is 28.5 Å². The SMILES string of the molecule is N#Cc1c(NC(=O)/C=C/c2ccc(Cl)c(Cl)c2)oc(-c2ccccc2)c1-c1ccccc1. The van der Waals surface area contributed by atoms with Gasteiger partial charge in [0, 0.05) is 17.2 Å². The van der Waals surface area contributed by atoms with E-state index in [-0.39, 0.29) is 11.4 Å². The number of benzene rings is 3. The molecule has 4 rings (SSSR count). The van der Waals surface area contributed by atoms with Gasteiger partial charge in [0.15, 0.2) is 0 Å². The molecule has 4 nitrogen and oxygen atoms in total. The van der Waals surface area contributed by atoms with E-state index in [0.717, 1.165) is 11.1 Å². The average Bonchev–Trinajstić information content (AvgIpc) is 3.19. The highest BCUT2D eigenvalue weighted by Gasteiger charge is 2.23. The zero-order valence-electron chi connectivity index (χ0n) is 16.7. The summed E-state index contributed by atoms with van der Waals surface area (Å²) >= 11 is 11.9. The maximum atomic E-state index is 12.6. The molecule has 4 aromatic rings. The largest absolute Gasteiger partial charge is 0.438 e. The van der Waals surface area contributed by atoms with Crippen molar-refractivity contribution >= 4 is 41.1 Å². The number of rotatable bonds is 5. The van der Waals surface area contributed by atoms with Crippen LogP contribution in [0.4, 0.5) is 5.88 Å². The molecule has 1 aromatic heterocycles. The number of furan rings is 1. The molecule has 1 heterocycles. The fourth-order valence-electron chi connectivity index (χ4n) is 3.24. The van der Waals surface area contributed by atoms with E-state index in [2.05, 4.69) is 11.4 Å². The third-order valence-corrected chi connectivity index (χ3v) is 5.47. The highest BCUT2D eigenvalue weighted by atomic mass is 35.5. The molecule has 1 amide bonds. The van der Waals surface area contributed by atoms with Gasteiger partial charge in [0.05, 0.1) is 10.0 Å². The van der Waals surface area contributed by atoms with E-state index in [9.17, 15) is 10.1 Å². The van der Waals surface area contributed by atoms with Crippen molar-refractivity contribution in [2.45, 2.75) is 0 Å². The lowest BCUT2D eigenvalue weighted by Crippen LogP contribution is -2.08. The average molecular weight is 459 g/mol. The minimum absolute atomic E-state index is 0.0917. The van der Waals surface area contributed by atoms with Crippen molar-refractivity contribution < 1.29 is 9.21 Å². The van der Waals surface area contributed by atoms with Crippen LogP contribution < -0.4 is 5.32 Å². The summed E-state index contributed by atoms with van der Waals surface area (Å²) in [5.41, 5.74) is 3.21. The van der Waals surface area contributed by atoms with Crippen molar-refractivity contribution in [3.05, 3.63) is 106 Å². The summed E-state index contributed by atoms with van der Waals surface area (Å²) < 4.78 is 6.01. The van der Waals surface area contributed by atoms with Crippen molar-refractivity contribution in [3.63, 3.8) is 0 Å². The Hall–Kier alpha value is -3.78. The van der Waals surface area contributed by atoms with Crippen molar-refractivity contribution in [1.82, 2.24) is 0 Å². The number of nitrogens with zero attached hydrogens (tertiary/aromatic N) is 1. The van der Waals surface area contributed by atoms with Crippen molar-refractivity contribution in [2.75, 3.05) is 5.32 Å². The van der Waals surface area contributed by atoms with Gasteiger partial charge < -0.3 is 4.42 Å². The molecule has 0 saturated carbocycles. The van der Waals surface area contributed by atoms with Crippen LogP contribution in [0.3, 0.4) is 0 Å². The number of carbonyl (C=O) groups is 1.